The number of hydrogen-bond acceptors (Lipinski definition) is 5. The van der Waals surface area contributed by atoms with Gasteiger partial charge in [0, 0.05) is 54.7 Å². The highest BCUT2D eigenvalue weighted by molar-refractivity contribution is 6.27. The molecule has 0 atom stereocenters. The van der Waals surface area contributed by atoms with Gasteiger partial charge in [-0.05, 0) is 41.0 Å². The van der Waals surface area contributed by atoms with Gasteiger partial charge in [0.05, 0.1) is 11.2 Å². The Morgan fingerprint density at radius 2 is 0.825 bits per heavy atom. The Morgan fingerprint density at radius 3 is 1.51 bits per heavy atom. The maximum atomic E-state index is 6.57. The van der Waals surface area contributed by atoms with E-state index in [1.807, 2.05) is 72.8 Å². The van der Waals surface area contributed by atoms with Crippen molar-refractivity contribution in [3.63, 3.8) is 0 Å². The molecule has 11 aromatic rings. The summed E-state index contributed by atoms with van der Waals surface area (Å²) in [5.74, 6) is 1.90. The highest BCUT2D eigenvalue weighted by atomic mass is 16.3. The zero-order chi connectivity index (χ0) is 37.7. The van der Waals surface area contributed by atoms with Gasteiger partial charge in [-0.25, -0.2) is 19.9 Å². The van der Waals surface area contributed by atoms with Gasteiger partial charge in [0.1, 0.15) is 11.2 Å². The van der Waals surface area contributed by atoms with Crippen molar-refractivity contribution in [1.82, 2.24) is 19.9 Å². The van der Waals surface area contributed by atoms with Crippen molar-refractivity contribution in [1.29, 1.82) is 0 Å². The molecule has 8 aromatic carbocycles. The van der Waals surface area contributed by atoms with Crippen LogP contribution < -0.4 is 0 Å². The van der Waals surface area contributed by atoms with E-state index in [2.05, 4.69) is 121 Å². The Balaban J connectivity index is 1.05. The van der Waals surface area contributed by atoms with Crippen LogP contribution in [0.25, 0.3) is 111 Å². The molecule has 0 fully saturated rings. The van der Waals surface area contributed by atoms with Crippen molar-refractivity contribution in [2.75, 3.05) is 0 Å². The van der Waals surface area contributed by atoms with Crippen molar-refractivity contribution in [2.24, 2.45) is 0 Å². The van der Waals surface area contributed by atoms with Crippen LogP contribution in [0, 0.1) is 0 Å². The summed E-state index contributed by atoms with van der Waals surface area (Å²) in [4.78, 5) is 20.1. The van der Waals surface area contributed by atoms with Crippen molar-refractivity contribution >= 4 is 43.6 Å². The van der Waals surface area contributed by atoms with Gasteiger partial charge in [-0.15, -0.1) is 0 Å². The zero-order valence-corrected chi connectivity index (χ0v) is 30.7. The van der Waals surface area contributed by atoms with E-state index in [-0.39, 0.29) is 0 Å². The largest absolute Gasteiger partial charge is 0.456 e. The SMILES string of the molecule is c1ccc(-c2nc(-c3ccccc3)nc(-c3cccc(-c4ccc(-c5nc6ccccc6c6c(-c7ccccc7)c7c(cc56)oc5ccccc57)cc4)c3)n2)cc1. The smallest absolute Gasteiger partial charge is 0.164 e. The number of nitrogens with zero attached hydrogens (tertiary/aromatic N) is 4. The number of benzene rings is 8. The van der Waals surface area contributed by atoms with Crippen LogP contribution in [-0.2, 0) is 0 Å². The van der Waals surface area contributed by atoms with Gasteiger partial charge in [0.15, 0.2) is 17.5 Å². The summed E-state index contributed by atoms with van der Waals surface area (Å²) in [6.45, 7) is 0. The third-order valence-corrected chi connectivity index (χ3v) is 10.7. The molecular weight excluding hydrogens is 697 g/mol. The summed E-state index contributed by atoms with van der Waals surface area (Å²) in [7, 11) is 0. The topological polar surface area (TPSA) is 64.7 Å². The maximum absolute atomic E-state index is 6.57. The highest BCUT2D eigenvalue weighted by Crippen LogP contribution is 2.46. The lowest BCUT2D eigenvalue weighted by Crippen LogP contribution is -2.00. The fourth-order valence-corrected chi connectivity index (χ4v) is 8.03. The van der Waals surface area contributed by atoms with Crippen molar-refractivity contribution < 1.29 is 4.42 Å². The molecule has 0 aliphatic rings. The van der Waals surface area contributed by atoms with Crippen LogP contribution in [0.2, 0.25) is 0 Å². The number of para-hydroxylation sites is 2. The van der Waals surface area contributed by atoms with E-state index in [9.17, 15) is 0 Å². The first-order valence-corrected chi connectivity index (χ1v) is 19.1. The van der Waals surface area contributed by atoms with Crippen LogP contribution >= 0.6 is 0 Å². The number of aromatic nitrogens is 4. The van der Waals surface area contributed by atoms with Gasteiger partial charge < -0.3 is 4.42 Å². The second-order valence-electron chi connectivity index (χ2n) is 14.2. The van der Waals surface area contributed by atoms with Crippen molar-refractivity contribution in [2.45, 2.75) is 0 Å². The lowest BCUT2D eigenvalue weighted by molar-refractivity contribution is 0.669. The fraction of sp³-hybridized carbons (Fsp3) is 0. The van der Waals surface area contributed by atoms with Crippen LogP contribution in [0.5, 0.6) is 0 Å². The quantitative estimate of drug-likeness (QED) is 0.160. The molecule has 0 saturated carbocycles. The average Bonchev–Trinajstić information content (AvgIpc) is 3.67. The average molecular weight is 729 g/mol. The molecule has 0 radical (unpaired) electrons. The first kappa shape index (κ1) is 32.7. The number of furan rings is 1. The summed E-state index contributed by atoms with van der Waals surface area (Å²) in [5.41, 5.74) is 11.8. The highest BCUT2D eigenvalue weighted by Gasteiger charge is 2.21. The molecule has 11 rings (SSSR count). The Bertz CT molecular complexity index is 3210. The molecule has 5 heteroatoms. The van der Waals surface area contributed by atoms with E-state index in [1.54, 1.807) is 0 Å². The second-order valence-corrected chi connectivity index (χ2v) is 14.2. The molecule has 5 nitrogen and oxygen atoms in total. The van der Waals surface area contributed by atoms with Gasteiger partial charge in [0.2, 0.25) is 0 Å². The monoisotopic (exact) mass is 728 g/mol. The normalized spacial score (nSPS) is 11.5. The first-order valence-electron chi connectivity index (χ1n) is 19.1. The van der Waals surface area contributed by atoms with E-state index >= 15 is 0 Å². The number of fused-ring (bicyclic) bond motifs is 6. The van der Waals surface area contributed by atoms with Gasteiger partial charge in [0.25, 0.3) is 0 Å². The van der Waals surface area contributed by atoms with Gasteiger partial charge in [-0.2, -0.15) is 0 Å². The maximum Gasteiger partial charge on any atom is 0.164 e. The summed E-state index contributed by atoms with van der Waals surface area (Å²) >= 11 is 0. The Morgan fingerprint density at radius 1 is 0.298 bits per heavy atom. The molecule has 57 heavy (non-hydrogen) atoms. The lowest BCUT2D eigenvalue weighted by Gasteiger charge is -2.16. The molecule has 0 spiro atoms. The minimum Gasteiger partial charge on any atom is -0.456 e. The molecule has 0 amide bonds. The van der Waals surface area contributed by atoms with Gasteiger partial charge in [-0.1, -0.05) is 170 Å². The number of hydrogen-bond donors (Lipinski definition) is 0. The van der Waals surface area contributed by atoms with Crippen molar-refractivity contribution in [3.8, 4) is 67.7 Å². The lowest BCUT2D eigenvalue weighted by atomic mass is 9.89. The van der Waals surface area contributed by atoms with E-state index in [4.69, 9.17) is 24.4 Å². The van der Waals surface area contributed by atoms with Gasteiger partial charge >= 0.3 is 0 Å². The predicted octanol–water partition coefficient (Wildman–Crippen LogP) is 13.5. The summed E-state index contributed by atoms with van der Waals surface area (Å²) in [5, 5.41) is 5.55. The van der Waals surface area contributed by atoms with E-state index < -0.39 is 0 Å². The second kappa shape index (κ2) is 13.5. The molecule has 0 unspecified atom stereocenters. The van der Waals surface area contributed by atoms with Crippen LogP contribution in [0.1, 0.15) is 0 Å². The third-order valence-electron chi connectivity index (χ3n) is 10.7. The minimum atomic E-state index is 0.624. The molecule has 0 aliphatic carbocycles. The van der Waals surface area contributed by atoms with Crippen LogP contribution in [-0.4, -0.2) is 19.9 Å². The molecule has 0 N–H and O–H groups in total. The first-order chi connectivity index (χ1) is 28.2. The number of pyridine rings is 1. The van der Waals surface area contributed by atoms with Gasteiger partial charge in [-0.3, -0.25) is 0 Å². The molecule has 0 saturated heterocycles. The molecule has 0 bridgehead atoms. The Labute approximate surface area is 328 Å². The summed E-state index contributed by atoms with van der Waals surface area (Å²) in [6, 6.07) is 66.8. The Kier molecular flexibility index (Phi) is 7.74. The summed E-state index contributed by atoms with van der Waals surface area (Å²) in [6.07, 6.45) is 0. The third kappa shape index (κ3) is 5.72. The summed E-state index contributed by atoms with van der Waals surface area (Å²) < 4.78 is 6.57. The van der Waals surface area contributed by atoms with E-state index in [0.29, 0.717) is 17.5 Å². The predicted molar refractivity (Wildman–Crippen MR) is 233 cm³/mol. The van der Waals surface area contributed by atoms with Crippen LogP contribution in [0.4, 0.5) is 0 Å². The molecule has 0 aliphatic heterocycles. The molecule has 3 heterocycles. The van der Waals surface area contributed by atoms with Crippen LogP contribution in [0.15, 0.2) is 199 Å². The molecular formula is C52H32N4O. The van der Waals surface area contributed by atoms with Crippen molar-refractivity contribution in [3.05, 3.63) is 194 Å². The van der Waals surface area contributed by atoms with E-state index in [0.717, 1.165) is 88.4 Å². The standard InChI is InChI=1S/C52H32N4O/c1-4-15-34(16-5-1)46-47-40-23-10-12-25-43(40)53-49(42(47)32-45-48(46)41-24-11-13-26-44(41)57-45)35-29-27-33(28-30-35)38-21-14-22-39(31-38)52-55-50(36-17-6-2-7-18-36)54-51(56-52)37-19-8-3-9-20-37/h1-32H. The minimum absolute atomic E-state index is 0.624. The number of rotatable bonds is 6. The molecule has 266 valence electrons. The molecule has 3 aromatic heterocycles. The fourth-order valence-electron chi connectivity index (χ4n) is 8.03. The van der Waals surface area contributed by atoms with E-state index in [1.165, 1.54) is 5.39 Å². The van der Waals surface area contributed by atoms with Crippen LogP contribution in [0.3, 0.4) is 0 Å². The Hall–Kier alpha value is -7.76. The zero-order valence-electron chi connectivity index (χ0n) is 30.7.